The van der Waals surface area contributed by atoms with E-state index in [1.54, 1.807) is 23.0 Å². The molecule has 0 aliphatic heterocycles. The first-order valence-corrected chi connectivity index (χ1v) is 8.25. The Labute approximate surface area is 133 Å². The van der Waals surface area contributed by atoms with Crippen molar-refractivity contribution in [2.45, 2.75) is 0 Å². The highest BCUT2D eigenvalue weighted by Crippen LogP contribution is 2.28. The Bertz CT molecular complexity index is 969. The standard InChI is InChI=1S/C15H10N4OS2/c16-13-6-9(8-22-13)11-3-4-17-15-10(7-18-19(11)15)14(20)12-2-1-5-21-12/h1-8H,16H2. The number of fused-ring (bicyclic) bond motifs is 1. The SMILES string of the molecule is Nc1cc(-c2ccnc3c(C(=O)c4cccs4)cnn23)cs1. The molecule has 0 amide bonds. The molecule has 0 radical (unpaired) electrons. The van der Waals surface area contributed by atoms with Crippen LogP contribution in [0.1, 0.15) is 15.2 Å². The lowest BCUT2D eigenvalue weighted by molar-refractivity contribution is 0.104. The zero-order chi connectivity index (χ0) is 15.1. The van der Waals surface area contributed by atoms with Crippen molar-refractivity contribution in [3.63, 3.8) is 0 Å². The third-order valence-corrected chi connectivity index (χ3v) is 4.94. The van der Waals surface area contributed by atoms with Crippen LogP contribution in [-0.4, -0.2) is 20.4 Å². The predicted molar refractivity (Wildman–Crippen MR) is 88.5 cm³/mol. The lowest BCUT2D eigenvalue weighted by Crippen LogP contribution is -2.00. The first-order chi connectivity index (χ1) is 10.7. The summed E-state index contributed by atoms with van der Waals surface area (Å²) in [6.07, 6.45) is 3.26. The van der Waals surface area contributed by atoms with Crippen molar-refractivity contribution in [3.05, 3.63) is 57.9 Å². The molecular weight excluding hydrogens is 316 g/mol. The number of nitrogen functional groups attached to an aromatic ring is 1. The molecule has 0 fully saturated rings. The number of nitrogens with zero attached hydrogens (tertiary/aromatic N) is 3. The maximum atomic E-state index is 12.5. The molecule has 4 heterocycles. The van der Waals surface area contributed by atoms with Gasteiger partial charge in [0.1, 0.15) is 0 Å². The van der Waals surface area contributed by atoms with Gasteiger partial charge < -0.3 is 5.73 Å². The molecule has 0 aliphatic carbocycles. The Morgan fingerprint density at radius 1 is 1.27 bits per heavy atom. The topological polar surface area (TPSA) is 73.3 Å². The second-order valence-corrected chi connectivity index (χ2v) is 6.56. The summed E-state index contributed by atoms with van der Waals surface area (Å²) in [4.78, 5) is 17.5. The van der Waals surface area contributed by atoms with E-state index in [9.17, 15) is 4.79 Å². The van der Waals surface area contributed by atoms with Gasteiger partial charge in [0, 0.05) is 17.1 Å². The maximum Gasteiger partial charge on any atom is 0.208 e. The quantitative estimate of drug-likeness (QED) is 0.586. The van der Waals surface area contributed by atoms with Gasteiger partial charge in [0.05, 0.1) is 27.3 Å². The average Bonchev–Trinajstić information content (AvgIpc) is 3.26. The van der Waals surface area contributed by atoms with Crippen molar-refractivity contribution in [2.24, 2.45) is 0 Å². The van der Waals surface area contributed by atoms with Crippen LogP contribution in [0.4, 0.5) is 5.00 Å². The molecule has 0 bridgehead atoms. The van der Waals surface area contributed by atoms with E-state index in [4.69, 9.17) is 5.73 Å². The van der Waals surface area contributed by atoms with E-state index in [1.165, 1.54) is 22.7 Å². The van der Waals surface area contributed by atoms with Crippen LogP contribution in [0.2, 0.25) is 0 Å². The number of anilines is 1. The Morgan fingerprint density at radius 2 is 2.18 bits per heavy atom. The molecule has 4 rings (SSSR count). The smallest absolute Gasteiger partial charge is 0.208 e. The molecule has 0 aliphatic rings. The third-order valence-electron chi connectivity index (χ3n) is 3.31. The molecule has 0 atom stereocenters. The summed E-state index contributed by atoms with van der Waals surface area (Å²) in [5, 5.41) is 8.92. The molecule has 5 nitrogen and oxygen atoms in total. The maximum absolute atomic E-state index is 12.5. The normalized spacial score (nSPS) is 11.1. The van der Waals surface area contributed by atoms with Gasteiger partial charge in [-0.15, -0.1) is 22.7 Å². The summed E-state index contributed by atoms with van der Waals surface area (Å²) in [6.45, 7) is 0. The molecule has 7 heteroatoms. The van der Waals surface area contributed by atoms with Gasteiger partial charge in [-0.2, -0.15) is 5.10 Å². The van der Waals surface area contributed by atoms with Gasteiger partial charge in [0.15, 0.2) is 5.65 Å². The van der Waals surface area contributed by atoms with Gasteiger partial charge in [-0.05, 0) is 23.6 Å². The van der Waals surface area contributed by atoms with E-state index in [-0.39, 0.29) is 5.78 Å². The van der Waals surface area contributed by atoms with Gasteiger partial charge in [-0.25, -0.2) is 9.50 Å². The van der Waals surface area contributed by atoms with Crippen molar-refractivity contribution in [2.75, 3.05) is 5.73 Å². The molecular formula is C15H10N4OS2. The molecule has 0 saturated carbocycles. The minimum Gasteiger partial charge on any atom is -0.391 e. The van der Waals surface area contributed by atoms with E-state index in [0.717, 1.165) is 16.3 Å². The molecule has 108 valence electrons. The first kappa shape index (κ1) is 13.2. The molecule has 0 saturated heterocycles. The fraction of sp³-hybridized carbons (Fsp3) is 0. The highest BCUT2D eigenvalue weighted by Gasteiger charge is 2.18. The van der Waals surface area contributed by atoms with Crippen molar-refractivity contribution in [1.82, 2.24) is 14.6 Å². The van der Waals surface area contributed by atoms with Gasteiger partial charge in [-0.3, -0.25) is 4.79 Å². The predicted octanol–water partition coefficient (Wildman–Crippen LogP) is 3.33. The lowest BCUT2D eigenvalue weighted by atomic mass is 10.2. The number of rotatable bonds is 3. The molecule has 4 aromatic rings. The van der Waals surface area contributed by atoms with Crippen LogP contribution in [0.5, 0.6) is 0 Å². The molecule has 0 aromatic carbocycles. The number of nitrogens with two attached hydrogens (primary N) is 1. The largest absolute Gasteiger partial charge is 0.391 e. The van der Waals surface area contributed by atoms with E-state index in [2.05, 4.69) is 10.1 Å². The monoisotopic (exact) mass is 326 g/mol. The zero-order valence-electron chi connectivity index (χ0n) is 11.3. The van der Waals surface area contributed by atoms with Crippen molar-refractivity contribution in [1.29, 1.82) is 0 Å². The molecule has 4 aromatic heterocycles. The van der Waals surface area contributed by atoms with Crippen molar-refractivity contribution >= 4 is 39.1 Å². The number of ketones is 1. The molecule has 0 spiro atoms. The lowest BCUT2D eigenvalue weighted by Gasteiger charge is -2.02. The summed E-state index contributed by atoms with van der Waals surface area (Å²) in [5.41, 5.74) is 8.69. The fourth-order valence-electron chi connectivity index (χ4n) is 2.30. The number of hydrogen-bond donors (Lipinski definition) is 1. The van der Waals surface area contributed by atoms with Crippen molar-refractivity contribution in [3.8, 4) is 11.3 Å². The van der Waals surface area contributed by atoms with E-state index in [0.29, 0.717) is 16.1 Å². The fourth-order valence-corrected chi connectivity index (χ4v) is 3.62. The molecule has 0 unspecified atom stereocenters. The Morgan fingerprint density at radius 3 is 2.91 bits per heavy atom. The zero-order valence-corrected chi connectivity index (χ0v) is 12.9. The highest BCUT2D eigenvalue weighted by atomic mass is 32.1. The van der Waals surface area contributed by atoms with Crippen LogP contribution in [0.25, 0.3) is 16.9 Å². The molecule has 22 heavy (non-hydrogen) atoms. The summed E-state index contributed by atoms with van der Waals surface area (Å²) < 4.78 is 1.68. The van der Waals surface area contributed by atoms with E-state index in [1.807, 2.05) is 29.0 Å². The minimum atomic E-state index is -0.0560. The first-order valence-electron chi connectivity index (χ1n) is 6.49. The summed E-state index contributed by atoms with van der Waals surface area (Å²) in [5.74, 6) is -0.0560. The Balaban J connectivity index is 1.89. The number of aromatic nitrogens is 3. The number of carbonyl (C=O) groups is 1. The highest BCUT2D eigenvalue weighted by molar-refractivity contribution is 7.14. The molecule has 2 N–H and O–H groups in total. The van der Waals surface area contributed by atoms with E-state index >= 15 is 0 Å². The van der Waals surface area contributed by atoms with Crippen molar-refractivity contribution < 1.29 is 4.79 Å². The van der Waals surface area contributed by atoms with Crippen LogP contribution in [0, 0.1) is 0 Å². The van der Waals surface area contributed by atoms with Gasteiger partial charge >= 0.3 is 0 Å². The van der Waals surface area contributed by atoms with Crippen LogP contribution in [0.3, 0.4) is 0 Å². The second kappa shape index (κ2) is 5.04. The van der Waals surface area contributed by atoms with E-state index < -0.39 is 0 Å². The summed E-state index contributed by atoms with van der Waals surface area (Å²) in [6, 6.07) is 7.42. The number of hydrogen-bond acceptors (Lipinski definition) is 6. The van der Waals surface area contributed by atoms with Crippen LogP contribution in [-0.2, 0) is 0 Å². The van der Waals surface area contributed by atoms with Gasteiger partial charge in [-0.1, -0.05) is 6.07 Å². The van der Waals surface area contributed by atoms with Crippen LogP contribution in [0.15, 0.2) is 47.4 Å². The third kappa shape index (κ3) is 2.02. The van der Waals surface area contributed by atoms with Crippen LogP contribution < -0.4 is 5.73 Å². The number of thiophene rings is 2. The Kier molecular flexibility index (Phi) is 3.02. The van der Waals surface area contributed by atoms with Crippen LogP contribution >= 0.6 is 22.7 Å². The summed E-state index contributed by atoms with van der Waals surface area (Å²) >= 11 is 2.88. The Hall–Kier alpha value is -2.51. The number of carbonyl (C=O) groups excluding carboxylic acids is 1. The second-order valence-electron chi connectivity index (χ2n) is 4.67. The minimum absolute atomic E-state index is 0.0560. The average molecular weight is 326 g/mol. The van der Waals surface area contributed by atoms with Gasteiger partial charge in [0.2, 0.25) is 5.78 Å². The summed E-state index contributed by atoms with van der Waals surface area (Å²) in [7, 11) is 0. The van der Waals surface area contributed by atoms with Gasteiger partial charge in [0.25, 0.3) is 0 Å².